The van der Waals surface area contributed by atoms with Crippen LogP contribution in [0.4, 0.5) is 5.82 Å². The molecule has 18 heavy (non-hydrogen) atoms. The fraction of sp³-hybridized carbons (Fsp3) is 0.538. The summed E-state index contributed by atoms with van der Waals surface area (Å²) in [6.45, 7) is 6.37. The number of aromatic nitrogens is 2. The predicted molar refractivity (Wildman–Crippen MR) is 79.8 cm³/mol. The standard InChI is InChI=1S/C13H18ClN3S/c1-4-13(5-2,7-14)17-12-11-10(15-8-16-12)9(3)6-18-11/h6,8H,4-5,7H2,1-3H3,(H,15,16,17). The minimum atomic E-state index is -0.0826. The van der Waals surface area contributed by atoms with E-state index in [-0.39, 0.29) is 5.54 Å². The number of fused-ring (bicyclic) bond motifs is 1. The molecule has 0 saturated heterocycles. The molecule has 0 bridgehead atoms. The third kappa shape index (κ3) is 2.31. The number of halogens is 1. The zero-order valence-corrected chi connectivity index (χ0v) is 12.5. The van der Waals surface area contributed by atoms with Gasteiger partial charge in [-0.05, 0) is 30.7 Å². The second-order valence-electron chi connectivity index (χ2n) is 4.56. The molecule has 0 fully saturated rings. The van der Waals surface area contributed by atoms with Crippen molar-refractivity contribution in [3.63, 3.8) is 0 Å². The highest BCUT2D eigenvalue weighted by molar-refractivity contribution is 7.18. The number of hydrogen-bond acceptors (Lipinski definition) is 4. The van der Waals surface area contributed by atoms with Crippen molar-refractivity contribution in [3.05, 3.63) is 17.3 Å². The molecule has 0 radical (unpaired) electrons. The van der Waals surface area contributed by atoms with E-state index >= 15 is 0 Å². The minimum Gasteiger partial charge on any atom is -0.362 e. The highest BCUT2D eigenvalue weighted by Crippen LogP contribution is 2.32. The summed E-state index contributed by atoms with van der Waals surface area (Å²) in [5, 5.41) is 5.64. The van der Waals surface area contributed by atoms with E-state index in [1.54, 1.807) is 17.7 Å². The maximum absolute atomic E-state index is 6.13. The first kappa shape index (κ1) is 13.6. The lowest BCUT2D eigenvalue weighted by molar-refractivity contribution is 0.483. The molecule has 1 N–H and O–H groups in total. The van der Waals surface area contributed by atoms with Crippen molar-refractivity contribution in [2.75, 3.05) is 11.2 Å². The first-order valence-corrected chi connectivity index (χ1v) is 7.60. The van der Waals surface area contributed by atoms with Crippen LogP contribution in [-0.2, 0) is 0 Å². The molecule has 3 nitrogen and oxygen atoms in total. The zero-order chi connectivity index (χ0) is 13.2. The molecular weight excluding hydrogens is 266 g/mol. The quantitative estimate of drug-likeness (QED) is 0.835. The summed E-state index contributed by atoms with van der Waals surface area (Å²) in [4.78, 5) is 8.71. The third-order valence-corrected chi connectivity index (χ3v) is 5.13. The van der Waals surface area contributed by atoms with Crippen LogP contribution in [0.3, 0.4) is 0 Å². The van der Waals surface area contributed by atoms with Gasteiger partial charge in [0.2, 0.25) is 0 Å². The zero-order valence-electron chi connectivity index (χ0n) is 11.0. The van der Waals surface area contributed by atoms with Crippen LogP contribution >= 0.6 is 22.9 Å². The molecule has 2 rings (SSSR count). The number of aryl methyl sites for hydroxylation is 1. The Kier molecular flexibility index (Phi) is 4.07. The molecule has 98 valence electrons. The van der Waals surface area contributed by atoms with Crippen LogP contribution in [0.25, 0.3) is 10.2 Å². The van der Waals surface area contributed by atoms with E-state index in [2.05, 4.69) is 41.4 Å². The molecule has 0 aliphatic rings. The maximum Gasteiger partial charge on any atom is 0.147 e. The largest absolute Gasteiger partial charge is 0.362 e. The maximum atomic E-state index is 6.13. The van der Waals surface area contributed by atoms with E-state index in [9.17, 15) is 0 Å². The minimum absolute atomic E-state index is 0.0826. The van der Waals surface area contributed by atoms with Crippen molar-refractivity contribution in [2.24, 2.45) is 0 Å². The summed E-state index contributed by atoms with van der Waals surface area (Å²) < 4.78 is 1.12. The monoisotopic (exact) mass is 283 g/mol. The van der Waals surface area contributed by atoms with Crippen LogP contribution in [-0.4, -0.2) is 21.4 Å². The number of nitrogens with one attached hydrogen (secondary N) is 1. The second-order valence-corrected chi connectivity index (χ2v) is 5.71. The Balaban J connectivity index is 2.42. The van der Waals surface area contributed by atoms with Gasteiger partial charge < -0.3 is 5.32 Å². The fourth-order valence-corrected chi connectivity index (χ4v) is 3.35. The number of thiophene rings is 1. The Morgan fingerprint density at radius 2 is 2.06 bits per heavy atom. The molecular formula is C13H18ClN3S. The summed E-state index contributed by atoms with van der Waals surface area (Å²) >= 11 is 7.81. The van der Waals surface area contributed by atoms with E-state index < -0.39 is 0 Å². The van der Waals surface area contributed by atoms with Crippen LogP contribution in [0.5, 0.6) is 0 Å². The molecule has 0 saturated carbocycles. The first-order chi connectivity index (χ1) is 8.65. The molecule has 0 aliphatic carbocycles. The fourth-order valence-electron chi connectivity index (χ4n) is 1.96. The van der Waals surface area contributed by atoms with Crippen LogP contribution in [0.15, 0.2) is 11.7 Å². The Bertz CT molecular complexity index is 526. The second kappa shape index (κ2) is 5.41. The summed E-state index contributed by atoms with van der Waals surface area (Å²) in [7, 11) is 0. The van der Waals surface area contributed by atoms with Gasteiger partial charge in [0.05, 0.1) is 15.8 Å². The van der Waals surface area contributed by atoms with Crippen LogP contribution < -0.4 is 5.32 Å². The third-order valence-electron chi connectivity index (χ3n) is 3.52. The van der Waals surface area contributed by atoms with Gasteiger partial charge in [-0.1, -0.05) is 13.8 Å². The smallest absolute Gasteiger partial charge is 0.147 e. The van der Waals surface area contributed by atoms with Crippen molar-refractivity contribution in [1.29, 1.82) is 0 Å². The predicted octanol–water partition coefficient (Wildman–Crippen LogP) is 4.21. The Hall–Kier alpha value is -0.870. The Morgan fingerprint density at radius 1 is 1.33 bits per heavy atom. The highest BCUT2D eigenvalue weighted by atomic mass is 35.5. The van der Waals surface area contributed by atoms with Gasteiger partial charge in [-0.2, -0.15) is 0 Å². The molecule has 0 unspecified atom stereocenters. The van der Waals surface area contributed by atoms with E-state index in [0.29, 0.717) is 5.88 Å². The number of hydrogen-bond donors (Lipinski definition) is 1. The van der Waals surface area contributed by atoms with Gasteiger partial charge in [0.1, 0.15) is 12.1 Å². The Morgan fingerprint density at radius 3 is 2.67 bits per heavy atom. The van der Waals surface area contributed by atoms with E-state index in [1.807, 2.05) is 0 Å². The van der Waals surface area contributed by atoms with Crippen molar-refractivity contribution < 1.29 is 0 Å². The van der Waals surface area contributed by atoms with Crippen LogP contribution in [0.2, 0.25) is 0 Å². The van der Waals surface area contributed by atoms with E-state index in [0.717, 1.165) is 28.9 Å². The highest BCUT2D eigenvalue weighted by Gasteiger charge is 2.26. The van der Waals surface area contributed by atoms with E-state index in [4.69, 9.17) is 11.6 Å². The lowest BCUT2D eigenvalue weighted by atomic mass is 9.95. The average molecular weight is 284 g/mol. The number of rotatable bonds is 5. The number of alkyl halides is 1. The normalized spacial score (nSPS) is 12.0. The van der Waals surface area contributed by atoms with Crippen molar-refractivity contribution in [3.8, 4) is 0 Å². The van der Waals surface area contributed by atoms with Crippen molar-refractivity contribution >= 4 is 39.0 Å². The Labute approximate surface area is 117 Å². The molecule has 2 heterocycles. The molecule has 0 aliphatic heterocycles. The van der Waals surface area contributed by atoms with Gasteiger partial charge in [0.15, 0.2) is 0 Å². The van der Waals surface area contributed by atoms with Crippen molar-refractivity contribution in [2.45, 2.75) is 39.2 Å². The average Bonchev–Trinajstić information content (AvgIpc) is 2.79. The summed E-state index contributed by atoms with van der Waals surface area (Å²) in [5.41, 5.74) is 2.15. The number of nitrogens with zero attached hydrogens (tertiary/aromatic N) is 2. The molecule has 0 atom stereocenters. The molecule has 2 aromatic heterocycles. The first-order valence-electron chi connectivity index (χ1n) is 6.18. The molecule has 5 heteroatoms. The number of anilines is 1. The molecule has 0 aromatic carbocycles. The van der Waals surface area contributed by atoms with Crippen molar-refractivity contribution in [1.82, 2.24) is 9.97 Å². The summed E-state index contributed by atoms with van der Waals surface area (Å²) in [6, 6.07) is 0. The van der Waals surface area contributed by atoms with Gasteiger partial charge in [0, 0.05) is 5.88 Å². The van der Waals surface area contributed by atoms with Crippen LogP contribution in [0, 0.1) is 6.92 Å². The van der Waals surface area contributed by atoms with Gasteiger partial charge in [-0.15, -0.1) is 22.9 Å². The lowest BCUT2D eigenvalue weighted by Crippen LogP contribution is -2.39. The van der Waals surface area contributed by atoms with Gasteiger partial charge in [-0.25, -0.2) is 9.97 Å². The molecule has 0 amide bonds. The van der Waals surface area contributed by atoms with Gasteiger partial charge in [-0.3, -0.25) is 0 Å². The van der Waals surface area contributed by atoms with Gasteiger partial charge in [0.25, 0.3) is 0 Å². The summed E-state index contributed by atoms with van der Waals surface area (Å²) in [6.07, 6.45) is 3.57. The van der Waals surface area contributed by atoms with Crippen LogP contribution in [0.1, 0.15) is 32.3 Å². The van der Waals surface area contributed by atoms with E-state index in [1.165, 1.54) is 5.56 Å². The molecule has 2 aromatic rings. The topological polar surface area (TPSA) is 37.8 Å². The van der Waals surface area contributed by atoms with Gasteiger partial charge >= 0.3 is 0 Å². The lowest BCUT2D eigenvalue weighted by Gasteiger charge is -2.31. The summed E-state index contributed by atoms with van der Waals surface area (Å²) in [5.74, 6) is 1.48. The SMILES string of the molecule is CCC(CC)(CCl)Nc1ncnc2c(C)csc12. The molecule has 0 spiro atoms.